The molecule has 4 heteroatoms. The van der Waals surface area contributed by atoms with E-state index in [1.165, 1.54) is 6.07 Å². The van der Waals surface area contributed by atoms with Gasteiger partial charge in [-0.25, -0.2) is 8.78 Å². The van der Waals surface area contributed by atoms with E-state index in [1.54, 1.807) is 0 Å². The quantitative estimate of drug-likeness (QED) is 0.743. The lowest BCUT2D eigenvalue weighted by Crippen LogP contribution is -2.24. The van der Waals surface area contributed by atoms with Crippen molar-refractivity contribution in [3.8, 4) is 0 Å². The van der Waals surface area contributed by atoms with Gasteiger partial charge in [-0.15, -0.1) is 0 Å². The molecule has 0 bridgehead atoms. The van der Waals surface area contributed by atoms with Crippen LogP contribution in [0.1, 0.15) is 25.8 Å². The molecule has 0 unspecified atom stereocenters. The SMILES string of the molecule is CC(C)NCCCOCc1cc(F)ccc1F. The number of nitrogens with one attached hydrogen (secondary N) is 1. The van der Waals surface area contributed by atoms with E-state index in [0.29, 0.717) is 12.6 Å². The van der Waals surface area contributed by atoms with Crippen LogP contribution in [0.4, 0.5) is 8.78 Å². The van der Waals surface area contributed by atoms with E-state index in [-0.39, 0.29) is 12.2 Å². The lowest BCUT2D eigenvalue weighted by Gasteiger charge is -2.08. The molecule has 0 fully saturated rings. The fourth-order valence-corrected chi connectivity index (χ4v) is 1.40. The Labute approximate surface area is 101 Å². The van der Waals surface area contributed by atoms with Crippen LogP contribution in [0.15, 0.2) is 18.2 Å². The number of ether oxygens (including phenoxy) is 1. The lowest BCUT2D eigenvalue weighted by molar-refractivity contribution is 0.115. The Bertz CT molecular complexity index is 342. The van der Waals surface area contributed by atoms with Gasteiger partial charge in [0.2, 0.25) is 0 Å². The Hall–Kier alpha value is -1.00. The largest absolute Gasteiger partial charge is 0.377 e. The predicted molar refractivity (Wildman–Crippen MR) is 63.8 cm³/mol. The van der Waals surface area contributed by atoms with Gasteiger partial charge in [-0.2, -0.15) is 0 Å². The fourth-order valence-electron chi connectivity index (χ4n) is 1.40. The van der Waals surface area contributed by atoms with E-state index in [1.807, 2.05) is 0 Å². The standard InChI is InChI=1S/C13H19F2NO/c1-10(2)16-6-3-7-17-9-11-8-12(14)4-5-13(11)15/h4-5,8,10,16H,3,6-7,9H2,1-2H3. The van der Waals surface area contributed by atoms with Crippen molar-refractivity contribution < 1.29 is 13.5 Å². The van der Waals surface area contributed by atoms with Gasteiger partial charge >= 0.3 is 0 Å². The van der Waals surface area contributed by atoms with Crippen LogP contribution in [0.5, 0.6) is 0 Å². The molecule has 0 atom stereocenters. The molecular formula is C13H19F2NO. The highest BCUT2D eigenvalue weighted by Gasteiger charge is 2.03. The summed E-state index contributed by atoms with van der Waals surface area (Å²) in [5.74, 6) is -0.863. The minimum Gasteiger partial charge on any atom is -0.377 e. The predicted octanol–water partition coefficient (Wildman–Crippen LogP) is 2.87. The van der Waals surface area contributed by atoms with Crippen molar-refractivity contribution in [2.45, 2.75) is 32.9 Å². The Morgan fingerprint density at radius 2 is 2.06 bits per heavy atom. The molecule has 0 aliphatic rings. The van der Waals surface area contributed by atoms with Gasteiger partial charge in [-0.1, -0.05) is 13.8 Å². The normalized spacial score (nSPS) is 11.1. The van der Waals surface area contributed by atoms with Gasteiger partial charge in [0.05, 0.1) is 6.61 Å². The summed E-state index contributed by atoms with van der Waals surface area (Å²) in [6.45, 7) is 5.66. The summed E-state index contributed by atoms with van der Waals surface area (Å²) in [7, 11) is 0. The van der Waals surface area contributed by atoms with Crippen LogP contribution in [0.2, 0.25) is 0 Å². The molecular weight excluding hydrogens is 224 g/mol. The lowest BCUT2D eigenvalue weighted by atomic mass is 10.2. The maximum absolute atomic E-state index is 13.2. The molecule has 1 aromatic rings. The topological polar surface area (TPSA) is 21.3 Å². The molecule has 0 heterocycles. The Morgan fingerprint density at radius 3 is 2.76 bits per heavy atom. The molecule has 0 radical (unpaired) electrons. The molecule has 2 nitrogen and oxygen atoms in total. The van der Waals surface area contributed by atoms with Gasteiger partial charge in [0.25, 0.3) is 0 Å². The van der Waals surface area contributed by atoms with Crippen molar-refractivity contribution in [1.82, 2.24) is 5.32 Å². The Morgan fingerprint density at radius 1 is 1.29 bits per heavy atom. The number of rotatable bonds is 7. The highest BCUT2D eigenvalue weighted by Crippen LogP contribution is 2.10. The molecule has 1 rings (SSSR count). The van der Waals surface area contributed by atoms with Gasteiger partial charge in [-0.05, 0) is 31.2 Å². The number of hydrogen-bond acceptors (Lipinski definition) is 2. The maximum Gasteiger partial charge on any atom is 0.128 e. The van der Waals surface area contributed by atoms with E-state index in [2.05, 4.69) is 19.2 Å². The van der Waals surface area contributed by atoms with Gasteiger partial charge in [0, 0.05) is 18.2 Å². The van der Waals surface area contributed by atoms with Crippen molar-refractivity contribution in [2.75, 3.05) is 13.2 Å². The van der Waals surface area contributed by atoms with Crippen LogP contribution in [0.3, 0.4) is 0 Å². The van der Waals surface area contributed by atoms with Crippen LogP contribution in [-0.2, 0) is 11.3 Å². The minimum absolute atomic E-state index is 0.116. The van der Waals surface area contributed by atoms with Crippen molar-refractivity contribution >= 4 is 0 Å². The zero-order valence-electron chi connectivity index (χ0n) is 10.3. The van der Waals surface area contributed by atoms with Crippen LogP contribution in [-0.4, -0.2) is 19.2 Å². The first-order valence-electron chi connectivity index (χ1n) is 5.84. The van der Waals surface area contributed by atoms with Gasteiger partial charge in [0.15, 0.2) is 0 Å². The third-order valence-electron chi connectivity index (χ3n) is 2.28. The van der Waals surface area contributed by atoms with Crippen LogP contribution in [0, 0.1) is 11.6 Å². The summed E-state index contributed by atoms with van der Waals surface area (Å²) in [5, 5.41) is 3.25. The second-order valence-corrected chi connectivity index (χ2v) is 4.25. The highest BCUT2D eigenvalue weighted by molar-refractivity contribution is 5.17. The summed E-state index contributed by atoms with van der Waals surface area (Å²) in [4.78, 5) is 0. The molecule has 0 aromatic heterocycles. The van der Waals surface area contributed by atoms with Crippen LogP contribution >= 0.6 is 0 Å². The van der Waals surface area contributed by atoms with Gasteiger partial charge in [0.1, 0.15) is 11.6 Å². The molecule has 0 aliphatic carbocycles. The first-order chi connectivity index (χ1) is 8.09. The molecule has 0 saturated heterocycles. The molecule has 0 aliphatic heterocycles. The van der Waals surface area contributed by atoms with Gasteiger partial charge < -0.3 is 10.1 Å². The van der Waals surface area contributed by atoms with E-state index in [0.717, 1.165) is 25.1 Å². The van der Waals surface area contributed by atoms with Crippen LogP contribution < -0.4 is 5.32 Å². The first-order valence-corrected chi connectivity index (χ1v) is 5.84. The summed E-state index contributed by atoms with van der Waals surface area (Å²) >= 11 is 0. The maximum atomic E-state index is 13.2. The summed E-state index contributed by atoms with van der Waals surface area (Å²) in [6, 6.07) is 3.84. The molecule has 0 amide bonds. The zero-order valence-corrected chi connectivity index (χ0v) is 10.3. The number of halogens is 2. The van der Waals surface area contributed by atoms with Crippen LogP contribution in [0.25, 0.3) is 0 Å². The van der Waals surface area contributed by atoms with E-state index >= 15 is 0 Å². The first kappa shape index (κ1) is 14.1. The van der Waals surface area contributed by atoms with E-state index in [9.17, 15) is 8.78 Å². The third-order valence-corrected chi connectivity index (χ3v) is 2.28. The minimum atomic E-state index is -0.438. The third kappa shape index (κ3) is 5.75. The average Bonchev–Trinajstić information content (AvgIpc) is 2.27. The molecule has 17 heavy (non-hydrogen) atoms. The smallest absolute Gasteiger partial charge is 0.128 e. The second-order valence-electron chi connectivity index (χ2n) is 4.25. The molecule has 1 N–H and O–H groups in total. The molecule has 1 aromatic carbocycles. The van der Waals surface area contributed by atoms with Crippen molar-refractivity contribution in [3.05, 3.63) is 35.4 Å². The van der Waals surface area contributed by atoms with Gasteiger partial charge in [-0.3, -0.25) is 0 Å². The zero-order chi connectivity index (χ0) is 12.7. The monoisotopic (exact) mass is 243 g/mol. The number of benzene rings is 1. The average molecular weight is 243 g/mol. The van der Waals surface area contributed by atoms with Crippen molar-refractivity contribution in [2.24, 2.45) is 0 Å². The van der Waals surface area contributed by atoms with Crippen molar-refractivity contribution in [1.29, 1.82) is 0 Å². The Balaban J connectivity index is 2.20. The molecule has 0 saturated carbocycles. The molecule has 0 spiro atoms. The summed E-state index contributed by atoms with van der Waals surface area (Å²) in [6.07, 6.45) is 0.856. The molecule has 96 valence electrons. The van der Waals surface area contributed by atoms with E-state index < -0.39 is 11.6 Å². The number of hydrogen-bond donors (Lipinski definition) is 1. The Kier molecular flexibility index (Phi) is 6.08. The van der Waals surface area contributed by atoms with Crippen molar-refractivity contribution in [3.63, 3.8) is 0 Å². The summed E-state index contributed by atoms with van der Waals surface area (Å²) < 4.78 is 31.3. The second kappa shape index (κ2) is 7.35. The fraction of sp³-hybridized carbons (Fsp3) is 0.538. The highest BCUT2D eigenvalue weighted by atomic mass is 19.1. The van der Waals surface area contributed by atoms with E-state index in [4.69, 9.17) is 4.74 Å². The summed E-state index contributed by atoms with van der Waals surface area (Å²) in [5.41, 5.74) is 0.266.